The third-order valence-corrected chi connectivity index (χ3v) is 6.85. The summed E-state index contributed by atoms with van der Waals surface area (Å²) in [4.78, 5) is 12.2. The van der Waals surface area contributed by atoms with Crippen LogP contribution in [0, 0.1) is 0 Å². The van der Waals surface area contributed by atoms with Crippen LogP contribution in [0.1, 0.15) is 149 Å². The van der Waals surface area contributed by atoms with Crippen LogP contribution in [0.2, 0.25) is 0 Å². The van der Waals surface area contributed by atoms with Crippen molar-refractivity contribution in [2.75, 3.05) is 6.61 Å². The second-order valence-corrected chi connectivity index (χ2v) is 10.5. The molecule has 0 aromatic heterocycles. The van der Waals surface area contributed by atoms with E-state index in [1.54, 1.807) is 6.08 Å². The normalized spacial score (nSPS) is 13.7. The molecule has 4 heteroatoms. The van der Waals surface area contributed by atoms with Crippen LogP contribution >= 0.6 is 0 Å². The lowest BCUT2D eigenvalue weighted by Gasteiger charge is -2.19. The summed E-state index contributed by atoms with van der Waals surface area (Å²) in [5.41, 5.74) is 0. The molecular weight excluding hydrogens is 458 g/mol. The quantitative estimate of drug-likeness (QED) is 0.0750. The van der Waals surface area contributed by atoms with Gasteiger partial charge in [0.15, 0.2) is 0 Å². The van der Waals surface area contributed by atoms with Gasteiger partial charge >= 0.3 is 0 Å². The zero-order valence-corrected chi connectivity index (χ0v) is 24.5. The van der Waals surface area contributed by atoms with Crippen molar-refractivity contribution in [1.29, 1.82) is 0 Å². The van der Waals surface area contributed by atoms with Gasteiger partial charge in [-0.15, -0.1) is 0 Å². The summed E-state index contributed by atoms with van der Waals surface area (Å²) in [7, 11) is 0. The van der Waals surface area contributed by atoms with Crippen molar-refractivity contribution in [1.82, 2.24) is 5.32 Å². The Bertz CT molecular complexity index is 570. The number of amides is 1. The second-order valence-electron chi connectivity index (χ2n) is 10.5. The van der Waals surface area contributed by atoms with Gasteiger partial charge in [-0.3, -0.25) is 4.79 Å². The molecular formula is C33H61NO3. The van der Waals surface area contributed by atoms with Crippen LogP contribution in [0.5, 0.6) is 0 Å². The maximum Gasteiger partial charge on any atom is 0.220 e. The van der Waals surface area contributed by atoms with Crippen LogP contribution in [0.15, 0.2) is 36.5 Å². The molecule has 0 aliphatic rings. The molecule has 0 saturated carbocycles. The summed E-state index contributed by atoms with van der Waals surface area (Å²) in [5, 5.41) is 22.7. The zero-order chi connectivity index (χ0) is 27.2. The average Bonchev–Trinajstić information content (AvgIpc) is 2.90. The minimum Gasteiger partial charge on any atom is -0.394 e. The van der Waals surface area contributed by atoms with Gasteiger partial charge < -0.3 is 15.5 Å². The highest BCUT2D eigenvalue weighted by molar-refractivity contribution is 5.76. The first-order valence-electron chi connectivity index (χ1n) is 15.7. The van der Waals surface area contributed by atoms with Gasteiger partial charge in [0.05, 0.1) is 18.8 Å². The van der Waals surface area contributed by atoms with Gasteiger partial charge in [0.25, 0.3) is 0 Å². The van der Waals surface area contributed by atoms with Gasteiger partial charge in [0.2, 0.25) is 5.91 Å². The van der Waals surface area contributed by atoms with Crippen molar-refractivity contribution in [3.63, 3.8) is 0 Å². The molecule has 0 bridgehead atoms. The lowest BCUT2D eigenvalue weighted by Crippen LogP contribution is -2.45. The highest BCUT2D eigenvalue weighted by Gasteiger charge is 2.17. The van der Waals surface area contributed by atoms with Crippen molar-refractivity contribution in [3.05, 3.63) is 36.5 Å². The van der Waals surface area contributed by atoms with Crippen molar-refractivity contribution in [3.8, 4) is 0 Å². The topological polar surface area (TPSA) is 69.6 Å². The van der Waals surface area contributed by atoms with Gasteiger partial charge in [-0.05, 0) is 57.8 Å². The average molecular weight is 520 g/mol. The summed E-state index contributed by atoms with van der Waals surface area (Å²) in [6.45, 7) is 4.23. The Labute approximate surface area is 230 Å². The number of hydrogen-bond acceptors (Lipinski definition) is 3. The smallest absolute Gasteiger partial charge is 0.220 e. The number of rotatable bonds is 27. The number of carbonyl (C=O) groups excluding carboxylic acids is 1. The van der Waals surface area contributed by atoms with Gasteiger partial charge in [0.1, 0.15) is 0 Å². The molecule has 3 N–H and O–H groups in total. The van der Waals surface area contributed by atoms with Gasteiger partial charge in [-0.2, -0.15) is 0 Å². The SMILES string of the molecule is CCCCCC/C=C/CCCCCCCC(=O)N[C@@H](CO)[C@H](O)/C=C/CC/C=C/CCCCCCCC. The highest BCUT2D eigenvalue weighted by atomic mass is 16.3. The van der Waals surface area contributed by atoms with E-state index < -0.39 is 12.1 Å². The zero-order valence-electron chi connectivity index (χ0n) is 24.5. The number of hydrogen-bond donors (Lipinski definition) is 3. The number of carbonyl (C=O) groups is 1. The molecule has 0 aliphatic carbocycles. The van der Waals surface area contributed by atoms with Crippen molar-refractivity contribution in [2.45, 2.75) is 161 Å². The van der Waals surface area contributed by atoms with Gasteiger partial charge in [-0.25, -0.2) is 0 Å². The maximum absolute atomic E-state index is 12.2. The molecule has 0 saturated heterocycles. The monoisotopic (exact) mass is 519 g/mol. The molecule has 0 radical (unpaired) electrons. The van der Waals surface area contributed by atoms with E-state index >= 15 is 0 Å². The van der Waals surface area contributed by atoms with E-state index in [4.69, 9.17) is 0 Å². The first kappa shape index (κ1) is 35.6. The summed E-state index contributed by atoms with van der Waals surface area (Å²) >= 11 is 0. The van der Waals surface area contributed by atoms with Crippen LogP contribution in [0.3, 0.4) is 0 Å². The van der Waals surface area contributed by atoms with E-state index in [1.807, 2.05) is 6.08 Å². The Morgan fingerprint density at radius 2 is 1.05 bits per heavy atom. The predicted octanol–water partition coefficient (Wildman–Crippen LogP) is 8.72. The van der Waals surface area contributed by atoms with Gasteiger partial charge in [-0.1, -0.05) is 121 Å². The minimum absolute atomic E-state index is 0.0878. The fourth-order valence-electron chi connectivity index (χ4n) is 4.36. The summed E-state index contributed by atoms with van der Waals surface area (Å²) in [6.07, 6.45) is 36.4. The molecule has 0 rings (SSSR count). The molecule has 216 valence electrons. The molecule has 4 nitrogen and oxygen atoms in total. The molecule has 1 amide bonds. The number of nitrogens with one attached hydrogen (secondary N) is 1. The van der Waals surface area contributed by atoms with Crippen molar-refractivity contribution in [2.24, 2.45) is 0 Å². The Balaban J connectivity index is 3.76. The number of unbranched alkanes of at least 4 members (excludes halogenated alkanes) is 16. The molecule has 0 spiro atoms. The van der Waals surface area contributed by atoms with E-state index in [0.29, 0.717) is 6.42 Å². The number of aliphatic hydroxyl groups is 2. The third-order valence-electron chi connectivity index (χ3n) is 6.85. The first-order chi connectivity index (χ1) is 18.2. The van der Waals surface area contributed by atoms with Crippen molar-refractivity contribution < 1.29 is 15.0 Å². The molecule has 0 unspecified atom stereocenters. The maximum atomic E-state index is 12.2. The molecule has 37 heavy (non-hydrogen) atoms. The first-order valence-corrected chi connectivity index (χ1v) is 15.7. The lowest BCUT2D eigenvalue weighted by atomic mass is 10.1. The Morgan fingerprint density at radius 1 is 0.622 bits per heavy atom. The Hall–Kier alpha value is -1.39. The van der Waals surface area contributed by atoms with Crippen LogP contribution in [0.4, 0.5) is 0 Å². The van der Waals surface area contributed by atoms with E-state index in [2.05, 4.69) is 43.5 Å². The molecule has 0 heterocycles. The Morgan fingerprint density at radius 3 is 1.59 bits per heavy atom. The third kappa shape index (κ3) is 26.0. The molecule has 0 aliphatic heterocycles. The number of allylic oxidation sites excluding steroid dienone is 5. The van der Waals surface area contributed by atoms with Crippen LogP contribution < -0.4 is 5.32 Å². The predicted molar refractivity (Wildman–Crippen MR) is 161 cm³/mol. The van der Waals surface area contributed by atoms with Crippen LogP contribution in [-0.4, -0.2) is 34.9 Å². The molecule has 0 fully saturated rings. The summed E-state index contributed by atoms with van der Waals surface area (Å²) in [6, 6.07) is -0.638. The van der Waals surface area contributed by atoms with Crippen LogP contribution in [-0.2, 0) is 4.79 Å². The van der Waals surface area contributed by atoms with E-state index in [1.165, 1.54) is 83.5 Å². The van der Waals surface area contributed by atoms with Gasteiger partial charge in [0, 0.05) is 6.42 Å². The van der Waals surface area contributed by atoms with E-state index in [9.17, 15) is 15.0 Å². The lowest BCUT2D eigenvalue weighted by molar-refractivity contribution is -0.123. The number of aliphatic hydroxyl groups excluding tert-OH is 2. The Kier molecular flexibility index (Phi) is 28.1. The fourth-order valence-corrected chi connectivity index (χ4v) is 4.36. The largest absolute Gasteiger partial charge is 0.394 e. The minimum atomic E-state index is -0.860. The standard InChI is InChI=1S/C33H61NO3/c1-3-5-7-9-11-13-15-17-19-21-23-25-27-29-33(37)34-31(30-35)32(36)28-26-24-22-20-18-16-14-12-10-8-6-4-2/h13,15,18,20,26,28,31-32,35-36H,3-12,14,16-17,19,21-25,27,29-30H2,1-2H3,(H,34,37)/b15-13+,20-18+,28-26+/t31-,32+/m0/s1. The van der Waals surface area contributed by atoms with Crippen LogP contribution in [0.25, 0.3) is 0 Å². The molecule has 0 aromatic rings. The molecule has 2 atom stereocenters. The molecule has 0 aromatic carbocycles. The summed E-state index contributed by atoms with van der Waals surface area (Å²) in [5.74, 6) is -0.0878. The second kappa shape index (κ2) is 29.2. The fraction of sp³-hybridized carbons (Fsp3) is 0.788. The summed E-state index contributed by atoms with van der Waals surface area (Å²) < 4.78 is 0. The van der Waals surface area contributed by atoms with E-state index in [-0.39, 0.29) is 12.5 Å². The highest BCUT2D eigenvalue weighted by Crippen LogP contribution is 2.10. The van der Waals surface area contributed by atoms with E-state index in [0.717, 1.165) is 44.9 Å². The van der Waals surface area contributed by atoms with Crippen molar-refractivity contribution >= 4 is 5.91 Å².